The van der Waals surface area contributed by atoms with E-state index in [-0.39, 0.29) is 11.1 Å². The van der Waals surface area contributed by atoms with Crippen molar-refractivity contribution in [3.05, 3.63) is 58.4 Å². The van der Waals surface area contributed by atoms with Crippen LogP contribution in [0.3, 0.4) is 0 Å². The number of hydrogen-bond acceptors (Lipinski definition) is 0. The molecule has 0 aliphatic heterocycles. The third-order valence-corrected chi connectivity index (χ3v) is 2.98. The molecule has 0 atom stereocenters. The summed E-state index contributed by atoms with van der Waals surface area (Å²) in [5, 5.41) is 0. The van der Waals surface area contributed by atoms with Gasteiger partial charge in [-0.2, -0.15) is 0 Å². The summed E-state index contributed by atoms with van der Waals surface area (Å²) in [5.74, 6) is -5.71. The van der Waals surface area contributed by atoms with Crippen LogP contribution in [0.4, 0.5) is 22.0 Å². The lowest BCUT2D eigenvalue weighted by Crippen LogP contribution is -2.37. The highest BCUT2D eigenvalue weighted by Gasteiger charge is 2.21. The third-order valence-electron chi connectivity index (χ3n) is 2.98. The molecular formula is C14H9BF5. The van der Waals surface area contributed by atoms with Crippen molar-refractivity contribution in [1.82, 2.24) is 0 Å². The van der Waals surface area contributed by atoms with Crippen molar-refractivity contribution in [3.8, 4) is 0 Å². The predicted molar refractivity (Wildman–Crippen MR) is 67.2 cm³/mol. The maximum Gasteiger partial charge on any atom is 0.207 e. The second-order valence-electron chi connectivity index (χ2n) is 4.45. The highest BCUT2D eigenvalue weighted by molar-refractivity contribution is 6.67. The Morgan fingerprint density at radius 1 is 0.700 bits per heavy atom. The van der Waals surface area contributed by atoms with E-state index in [0.717, 1.165) is 12.1 Å². The number of hydrogen-bond donors (Lipinski definition) is 0. The maximum atomic E-state index is 13.8. The Kier molecular flexibility index (Phi) is 3.83. The van der Waals surface area contributed by atoms with Gasteiger partial charge in [-0.1, -0.05) is 6.07 Å². The zero-order valence-electron chi connectivity index (χ0n) is 10.7. The summed E-state index contributed by atoms with van der Waals surface area (Å²) in [7, 11) is 0.630. The average Bonchev–Trinajstić information content (AvgIpc) is 2.40. The first-order valence-corrected chi connectivity index (χ1v) is 5.76. The van der Waals surface area contributed by atoms with Gasteiger partial charge in [0.15, 0.2) is 11.6 Å². The Labute approximate surface area is 113 Å². The average molecular weight is 283 g/mol. The molecule has 0 aromatic heterocycles. The highest BCUT2D eigenvalue weighted by Crippen LogP contribution is 2.12. The van der Waals surface area contributed by atoms with Crippen LogP contribution in [0.25, 0.3) is 0 Å². The largest absolute Gasteiger partial charge is 0.208 e. The molecule has 0 bridgehead atoms. The first-order chi connectivity index (χ1) is 9.32. The zero-order chi connectivity index (χ0) is 15.0. The number of aryl methyl sites for hydroxylation is 2. The van der Waals surface area contributed by atoms with Gasteiger partial charge in [-0.05, 0) is 48.0 Å². The molecule has 1 radical (unpaired) electrons. The van der Waals surface area contributed by atoms with Gasteiger partial charge in [0.2, 0.25) is 7.28 Å². The molecular weight excluding hydrogens is 274 g/mol. The molecule has 0 saturated carbocycles. The molecule has 0 fully saturated rings. The van der Waals surface area contributed by atoms with E-state index < -0.39 is 40.0 Å². The number of benzene rings is 2. The molecule has 0 aliphatic carbocycles. The van der Waals surface area contributed by atoms with Gasteiger partial charge in [0.05, 0.1) is 0 Å². The van der Waals surface area contributed by atoms with E-state index in [4.69, 9.17) is 0 Å². The molecule has 6 heteroatoms. The summed E-state index contributed by atoms with van der Waals surface area (Å²) >= 11 is 0. The van der Waals surface area contributed by atoms with Crippen molar-refractivity contribution < 1.29 is 22.0 Å². The van der Waals surface area contributed by atoms with Crippen LogP contribution in [0.15, 0.2) is 18.2 Å². The van der Waals surface area contributed by atoms with Gasteiger partial charge in [0.1, 0.15) is 17.5 Å². The van der Waals surface area contributed by atoms with Gasteiger partial charge < -0.3 is 0 Å². The van der Waals surface area contributed by atoms with Crippen LogP contribution in [0.2, 0.25) is 0 Å². The first-order valence-electron chi connectivity index (χ1n) is 5.76. The zero-order valence-corrected chi connectivity index (χ0v) is 10.7. The van der Waals surface area contributed by atoms with Crippen LogP contribution in [-0.2, 0) is 0 Å². The Morgan fingerprint density at radius 3 is 1.95 bits per heavy atom. The lowest BCUT2D eigenvalue weighted by atomic mass is 9.62. The fourth-order valence-electron chi connectivity index (χ4n) is 1.81. The highest BCUT2D eigenvalue weighted by atomic mass is 19.2. The SMILES string of the molecule is Cc1cc(F)c([B]c2c(F)ccc(C)c2F)c(F)c1F. The van der Waals surface area contributed by atoms with Gasteiger partial charge in [-0.15, -0.1) is 0 Å². The van der Waals surface area contributed by atoms with Crippen LogP contribution in [0, 0.1) is 42.9 Å². The Hall–Kier alpha value is -1.85. The quantitative estimate of drug-likeness (QED) is 0.451. The fourth-order valence-corrected chi connectivity index (χ4v) is 1.81. The van der Waals surface area contributed by atoms with Crippen molar-refractivity contribution in [2.75, 3.05) is 0 Å². The van der Waals surface area contributed by atoms with Gasteiger partial charge in [-0.25, -0.2) is 22.0 Å². The lowest BCUT2D eigenvalue weighted by Gasteiger charge is -2.10. The fraction of sp³-hybridized carbons (Fsp3) is 0.143. The van der Waals surface area contributed by atoms with E-state index in [1.807, 2.05) is 0 Å². The molecule has 2 rings (SSSR count). The summed E-state index contributed by atoms with van der Waals surface area (Å²) in [6, 6.07) is 2.95. The van der Waals surface area contributed by atoms with Crippen LogP contribution < -0.4 is 10.9 Å². The summed E-state index contributed by atoms with van der Waals surface area (Å²) in [4.78, 5) is 0. The second-order valence-corrected chi connectivity index (χ2v) is 4.45. The lowest BCUT2D eigenvalue weighted by molar-refractivity contribution is 0.497. The molecule has 2 aromatic rings. The van der Waals surface area contributed by atoms with Crippen molar-refractivity contribution in [3.63, 3.8) is 0 Å². The topological polar surface area (TPSA) is 0 Å². The summed E-state index contributed by atoms with van der Waals surface area (Å²) < 4.78 is 68.1. The summed E-state index contributed by atoms with van der Waals surface area (Å²) in [6.45, 7) is 2.58. The molecule has 0 heterocycles. The molecule has 0 amide bonds. The van der Waals surface area contributed by atoms with E-state index in [2.05, 4.69) is 0 Å². The van der Waals surface area contributed by atoms with Gasteiger partial charge >= 0.3 is 0 Å². The molecule has 2 aromatic carbocycles. The van der Waals surface area contributed by atoms with E-state index in [1.54, 1.807) is 0 Å². The smallest absolute Gasteiger partial charge is 0.207 e. The summed E-state index contributed by atoms with van der Waals surface area (Å²) in [5.41, 5.74) is -1.52. The summed E-state index contributed by atoms with van der Waals surface area (Å²) in [6.07, 6.45) is 0. The normalized spacial score (nSPS) is 10.8. The van der Waals surface area contributed by atoms with Crippen molar-refractivity contribution in [2.45, 2.75) is 13.8 Å². The van der Waals surface area contributed by atoms with Gasteiger partial charge in [0, 0.05) is 0 Å². The molecule has 20 heavy (non-hydrogen) atoms. The van der Waals surface area contributed by atoms with Crippen LogP contribution in [-0.4, -0.2) is 7.28 Å². The number of halogens is 5. The minimum atomic E-state index is -1.47. The van der Waals surface area contributed by atoms with E-state index in [0.29, 0.717) is 7.28 Å². The number of rotatable bonds is 2. The third kappa shape index (κ3) is 2.42. The van der Waals surface area contributed by atoms with E-state index >= 15 is 0 Å². The second kappa shape index (κ2) is 5.27. The van der Waals surface area contributed by atoms with Crippen LogP contribution >= 0.6 is 0 Å². The van der Waals surface area contributed by atoms with Gasteiger partial charge in [-0.3, -0.25) is 0 Å². The van der Waals surface area contributed by atoms with Gasteiger partial charge in [0.25, 0.3) is 0 Å². The molecule has 0 N–H and O–H groups in total. The molecule has 103 valence electrons. The molecule has 0 nitrogen and oxygen atoms in total. The molecule has 0 unspecified atom stereocenters. The molecule has 0 saturated heterocycles. The first kappa shape index (κ1) is 14.6. The standard InChI is InChI=1S/C14H9BF5/c1-6-3-4-8(16)10(12(6)18)15-11-9(17)5-7(2)13(19)14(11)20/h3-5H,1-2H3. The predicted octanol–water partition coefficient (Wildman–Crippen LogP) is 2.65. The van der Waals surface area contributed by atoms with Crippen molar-refractivity contribution >= 4 is 18.2 Å². The Morgan fingerprint density at radius 2 is 1.30 bits per heavy atom. The van der Waals surface area contributed by atoms with E-state index in [9.17, 15) is 22.0 Å². The Balaban J connectivity index is 2.57. The van der Waals surface area contributed by atoms with E-state index in [1.165, 1.54) is 19.9 Å². The van der Waals surface area contributed by atoms with Crippen LogP contribution in [0.1, 0.15) is 11.1 Å². The minimum Gasteiger partial charge on any atom is -0.208 e. The molecule has 0 spiro atoms. The van der Waals surface area contributed by atoms with Crippen molar-refractivity contribution in [2.24, 2.45) is 0 Å². The Bertz CT molecular complexity index is 682. The maximum absolute atomic E-state index is 13.8. The molecule has 0 aliphatic rings. The van der Waals surface area contributed by atoms with Crippen molar-refractivity contribution in [1.29, 1.82) is 0 Å². The van der Waals surface area contributed by atoms with Crippen LogP contribution in [0.5, 0.6) is 0 Å². The monoisotopic (exact) mass is 283 g/mol. The minimum absolute atomic E-state index is 0.117.